The second kappa shape index (κ2) is 8.26. The molecule has 0 radical (unpaired) electrons. The first-order valence-electron chi connectivity index (χ1n) is 6.78. The smallest absolute Gasteiger partial charge is 0.233 e. The van der Waals surface area contributed by atoms with Gasteiger partial charge in [-0.15, -0.1) is 0 Å². The van der Waals surface area contributed by atoms with Crippen LogP contribution < -0.4 is 5.73 Å². The van der Waals surface area contributed by atoms with Crippen LogP contribution in [0.5, 0.6) is 0 Å². The maximum absolute atomic E-state index is 12.6. The molecule has 1 amide bonds. The minimum Gasteiger partial charge on any atom is -0.409 e. The fourth-order valence-corrected chi connectivity index (χ4v) is 2.05. The van der Waals surface area contributed by atoms with Crippen molar-refractivity contribution in [1.29, 1.82) is 0 Å². The van der Waals surface area contributed by atoms with Crippen LogP contribution in [0, 0.1) is 5.92 Å². The van der Waals surface area contributed by atoms with Gasteiger partial charge in [0.15, 0.2) is 5.84 Å². The zero-order valence-electron chi connectivity index (χ0n) is 12.7. The Balaban J connectivity index is 2.90. The van der Waals surface area contributed by atoms with Gasteiger partial charge in [0, 0.05) is 14.2 Å². The van der Waals surface area contributed by atoms with Crippen molar-refractivity contribution < 1.29 is 14.7 Å². The number of amides is 1. The number of hydrogen-bond donors (Lipinski definition) is 2. The predicted octanol–water partition coefficient (Wildman–Crippen LogP) is 1.08. The van der Waals surface area contributed by atoms with E-state index in [0.717, 1.165) is 5.56 Å². The van der Waals surface area contributed by atoms with Crippen LogP contribution in [0.3, 0.4) is 0 Å². The minimum atomic E-state index is -0.693. The molecule has 2 atom stereocenters. The molecule has 2 unspecified atom stereocenters. The molecule has 1 aromatic carbocycles. The lowest BCUT2D eigenvalue weighted by molar-refractivity contribution is -0.134. The second-order valence-electron chi connectivity index (χ2n) is 5.02. The van der Waals surface area contributed by atoms with Crippen LogP contribution in [0.25, 0.3) is 0 Å². The Kier molecular flexibility index (Phi) is 6.68. The van der Waals surface area contributed by atoms with Gasteiger partial charge in [0.05, 0.1) is 12.6 Å². The number of carbonyl (C=O) groups excluding carboxylic acids is 1. The summed E-state index contributed by atoms with van der Waals surface area (Å²) in [6.07, 6.45) is 0.389. The standard InChI is InChI=1S/C15H23N3O3/c1-11(10-21-3)18(2)15(19)13(14(16)17-20)9-12-7-5-4-6-8-12/h4-8,11,13,20H,9-10H2,1-3H3,(H2,16,17). The van der Waals surface area contributed by atoms with E-state index in [1.165, 1.54) is 0 Å². The van der Waals surface area contributed by atoms with Crippen molar-refractivity contribution in [3.8, 4) is 0 Å². The first-order valence-corrected chi connectivity index (χ1v) is 6.78. The van der Waals surface area contributed by atoms with E-state index in [-0.39, 0.29) is 17.8 Å². The highest BCUT2D eigenvalue weighted by Crippen LogP contribution is 2.13. The number of rotatable bonds is 7. The summed E-state index contributed by atoms with van der Waals surface area (Å²) in [6, 6.07) is 9.40. The third-order valence-electron chi connectivity index (χ3n) is 3.47. The lowest BCUT2D eigenvalue weighted by atomic mass is 9.96. The third-order valence-corrected chi connectivity index (χ3v) is 3.47. The van der Waals surface area contributed by atoms with Crippen molar-refractivity contribution >= 4 is 11.7 Å². The number of nitrogens with zero attached hydrogens (tertiary/aromatic N) is 2. The number of oxime groups is 1. The number of benzene rings is 1. The Hall–Kier alpha value is -2.08. The van der Waals surface area contributed by atoms with Crippen molar-refractivity contribution in [2.24, 2.45) is 16.8 Å². The summed E-state index contributed by atoms with van der Waals surface area (Å²) in [5, 5.41) is 11.9. The first-order chi connectivity index (χ1) is 10.0. The highest BCUT2D eigenvalue weighted by Gasteiger charge is 2.28. The molecule has 1 aromatic rings. The lowest BCUT2D eigenvalue weighted by Gasteiger charge is -2.28. The molecule has 6 heteroatoms. The van der Waals surface area contributed by atoms with Gasteiger partial charge in [0.25, 0.3) is 0 Å². The molecule has 0 aliphatic rings. The van der Waals surface area contributed by atoms with E-state index in [1.807, 2.05) is 37.3 Å². The molecule has 116 valence electrons. The number of carbonyl (C=O) groups is 1. The van der Waals surface area contributed by atoms with E-state index in [2.05, 4.69) is 5.16 Å². The largest absolute Gasteiger partial charge is 0.409 e. The Bertz CT molecular complexity index is 476. The Morgan fingerprint density at radius 1 is 1.43 bits per heavy atom. The van der Waals surface area contributed by atoms with Crippen molar-refractivity contribution in [3.05, 3.63) is 35.9 Å². The fourth-order valence-electron chi connectivity index (χ4n) is 2.05. The van der Waals surface area contributed by atoms with Gasteiger partial charge in [-0.1, -0.05) is 35.5 Å². The molecule has 0 saturated carbocycles. The number of methoxy groups -OCH3 is 1. The van der Waals surface area contributed by atoms with Crippen LogP contribution >= 0.6 is 0 Å². The van der Waals surface area contributed by atoms with Crippen molar-refractivity contribution in [3.63, 3.8) is 0 Å². The molecule has 0 saturated heterocycles. The highest BCUT2D eigenvalue weighted by atomic mass is 16.5. The van der Waals surface area contributed by atoms with Gasteiger partial charge in [0.1, 0.15) is 5.92 Å². The second-order valence-corrected chi connectivity index (χ2v) is 5.02. The number of amidine groups is 1. The molecule has 21 heavy (non-hydrogen) atoms. The Morgan fingerprint density at radius 2 is 2.05 bits per heavy atom. The molecular formula is C15H23N3O3. The maximum atomic E-state index is 12.6. The van der Waals surface area contributed by atoms with Gasteiger partial charge in [-0.05, 0) is 18.9 Å². The lowest BCUT2D eigenvalue weighted by Crippen LogP contribution is -2.46. The van der Waals surface area contributed by atoms with Crippen LogP contribution in [0.1, 0.15) is 12.5 Å². The number of hydrogen-bond acceptors (Lipinski definition) is 4. The van der Waals surface area contributed by atoms with E-state index >= 15 is 0 Å². The summed E-state index contributed by atoms with van der Waals surface area (Å²) in [6.45, 7) is 2.31. The van der Waals surface area contributed by atoms with Crippen LogP contribution in [0.15, 0.2) is 35.5 Å². The molecule has 3 N–H and O–H groups in total. The van der Waals surface area contributed by atoms with Crippen molar-refractivity contribution in [2.75, 3.05) is 20.8 Å². The van der Waals surface area contributed by atoms with E-state index in [1.54, 1.807) is 19.1 Å². The highest BCUT2D eigenvalue weighted by molar-refractivity contribution is 6.02. The molecule has 0 heterocycles. The first kappa shape index (κ1) is 17.0. The summed E-state index contributed by atoms with van der Waals surface area (Å²) in [4.78, 5) is 14.1. The monoisotopic (exact) mass is 293 g/mol. The molecule has 6 nitrogen and oxygen atoms in total. The summed E-state index contributed by atoms with van der Waals surface area (Å²) >= 11 is 0. The van der Waals surface area contributed by atoms with Gasteiger partial charge >= 0.3 is 0 Å². The van der Waals surface area contributed by atoms with E-state index in [4.69, 9.17) is 15.7 Å². The SMILES string of the molecule is COCC(C)N(C)C(=O)C(Cc1ccccc1)C(N)=NO. The third kappa shape index (κ3) is 4.75. The molecule has 0 spiro atoms. The molecular weight excluding hydrogens is 270 g/mol. The molecule has 1 rings (SSSR count). The summed E-state index contributed by atoms with van der Waals surface area (Å²) < 4.78 is 5.05. The van der Waals surface area contributed by atoms with Crippen molar-refractivity contribution in [2.45, 2.75) is 19.4 Å². The quantitative estimate of drug-likeness (QED) is 0.341. The molecule has 0 aromatic heterocycles. The zero-order valence-corrected chi connectivity index (χ0v) is 12.7. The van der Waals surface area contributed by atoms with Gasteiger partial charge in [-0.25, -0.2) is 0 Å². The average molecular weight is 293 g/mol. The van der Waals surface area contributed by atoms with Crippen molar-refractivity contribution in [1.82, 2.24) is 4.90 Å². The number of ether oxygens (including phenoxy) is 1. The molecule has 0 bridgehead atoms. The topological polar surface area (TPSA) is 88.2 Å². The van der Waals surface area contributed by atoms with E-state index in [9.17, 15) is 4.79 Å². The summed E-state index contributed by atoms with van der Waals surface area (Å²) in [5.74, 6) is -0.972. The van der Waals surface area contributed by atoms with E-state index in [0.29, 0.717) is 13.0 Å². The van der Waals surface area contributed by atoms with Gasteiger partial charge in [0.2, 0.25) is 5.91 Å². The predicted molar refractivity (Wildman–Crippen MR) is 81.2 cm³/mol. The van der Waals surface area contributed by atoms with Crippen LogP contribution in [-0.2, 0) is 16.0 Å². The maximum Gasteiger partial charge on any atom is 0.233 e. The minimum absolute atomic E-state index is 0.0830. The fraction of sp³-hybridized carbons (Fsp3) is 0.467. The van der Waals surface area contributed by atoms with E-state index < -0.39 is 5.92 Å². The Labute approximate surface area is 125 Å². The number of likely N-dealkylation sites (N-methyl/N-ethyl adjacent to an activating group) is 1. The Morgan fingerprint density at radius 3 is 2.57 bits per heavy atom. The van der Waals surface area contributed by atoms with Gasteiger partial charge in [-0.3, -0.25) is 4.79 Å². The van der Waals surface area contributed by atoms with Crippen LogP contribution in [0.4, 0.5) is 0 Å². The van der Waals surface area contributed by atoms with Gasteiger partial charge in [-0.2, -0.15) is 0 Å². The average Bonchev–Trinajstić information content (AvgIpc) is 2.51. The zero-order chi connectivity index (χ0) is 15.8. The van der Waals surface area contributed by atoms with Crippen LogP contribution in [0.2, 0.25) is 0 Å². The summed E-state index contributed by atoms with van der Waals surface area (Å²) in [5.41, 5.74) is 6.65. The van der Waals surface area contributed by atoms with Gasteiger partial charge < -0.3 is 20.6 Å². The van der Waals surface area contributed by atoms with Crippen LogP contribution in [-0.4, -0.2) is 48.7 Å². The molecule has 0 aliphatic carbocycles. The summed E-state index contributed by atoms with van der Waals surface area (Å²) in [7, 11) is 3.27. The molecule has 0 fully saturated rings. The number of nitrogens with two attached hydrogens (primary N) is 1. The molecule has 0 aliphatic heterocycles. The normalized spacial score (nSPS) is 14.5.